The van der Waals surface area contributed by atoms with Crippen LogP contribution >= 0.6 is 0 Å². The van der Waals surface area contributed by atoms with Gasteiger partial charge in [0, 0.05) is 24.1 Å². The van der Waals surface area contributed by atoms with Crippen molar-refractivity contribution in [1.29, 1.82) is 5.26 Å². The zero-order valence-electron chi connectivity index (χ0n) is 24.7. The number of aromatic amines is 1. The lowest BCUT2D eigenvalue weighted by Crippen LogP contribution is -2.42. The van der Waals surface area contributed by atoms with Crippen LogP contribution in [0.5, 0.6) is 0 Å². The Balaban J connectivity index is 0.00000169. The van der Waals surface area contributed by atoms with Crippen LogP contribution in [-0.2, 0) is 31.8 Å². The third kappa shape index (κ3) is 6.99. The highest BCUT2D eigenvalue weighted by Crippen LogP contribution is 2.43. The van der Waals surface area contributed by atoms with E-state index in [2.05, 4.69) is 16.3 Å². The van der Waals surface area contributed by atoms with Crippen molar-refractivity contribution in [3.63, 3.8) is 0 Å². The number of anilines is 2. The number of methoxy groups -OCH3 is 2. The number of nitrogens with one attached hydrogen (secondary N) is 1. The van der Waals surface area contributed by atoms with E-state index in [-0.39, 0.29) is 29.4 Å². The standard InChI is InChI=1S/C28H29F3N6O4.CH2O2/c1-17-23(25(38)41-5)24(22-10-9-18(15-32)13-19(22)16-37(2,3)11-12-40-4)36-26(33-34-27(36)39)35(17)21-8-6-7-20(14-21)28(29,30)31;2-1-3/h6-10,13-14,24H,11-12,16H2,1-5H3;1H,(H,2,3)/p+1/t24-;/m1./s1. The molecule has 2 N–H and O–H groups in total. The molecule has 1 atom stereocenters. The van der Waals surface area contributed by atoms with E-state index in [0.29, 0.717) is 40.9 Å². The van der Waals surface area contributed by atoms with E-state index in [4.69, 9.17) is 19.4 Å². The fraction of sp³-hybridized carbons (Fsp3) is 0.345. The van der Waals surface area contributed by atoms with Crippen molar-refractivity contribution < 1.29 is 41.8 Å². The molecule has 12 nitrogen and oxygen atoms in total. The Morgan fingerprint density at radius 1 is 1.23 bits per heavy atom. The molecule has 44 heavy (non-hydrogen) atoms. The minimum atomic E-state index is -4.62. The van der Waals surface area contributed by atoms with Crippen LogP contribution in [0.1, 0.15) is 35.2 Å². The van der Waals surface area contributed by atoms with Crippen molar-refractivity contribution in [2.75, 3.05) is 46.4 Å². The molecule has 0 saturated heterocycles. The summed E-state index contributed by atoms with van der Waals surface area (Å²) in [6, 6.07) is 10.6. The summed E-state index contributed by atoms with van der Waals surface area (Å²) in [7, 11) is 6.75. The number of H-pyrrole nitrogens is 1. The van der Waals surface area contributed by atoms with Crippen LogP contribution in [-0.4, -0.2) is 78.3 Å². The summed E-state index contributed by atoms with van der Waals surface area (Å²) in [6.07, 6.45) is -4.62. The maximum atomic E-state index is 13.6. The lowest BCUT2D eigenvalue weighted by atomic mass is 9.89. The predicted octanol–water partition coefficient (Wildman–Crippen LogP) is 3.57. The van der Waals surface area contributed by atoms with Crippen LogP contribution in [0.2, 0.25) is 0 Å². The Morgan fingerprint density at radius 2 is 1.91 bits per heavy atom. The van der Waals surface area contributed by atoms with Gasteiger partial charge in [0.2, 0.25) is 5.95 Å². The molecular weight excluding hydrogens is 585 g/mol. The highest BCUT2D eigenvalue weighted by molar-refractivity contribution is 5.93. The molecule has 4 rings (SSSR count). The van der Waals surface area contributed by atoms with Gasteiger partial charge in [-0.2, -0.15) is 18.4 Å². The summed E-state index contributed by atoms with van der Waals surface area (Å²) in [5.41, 5.74) is 0.354. The first-order chi connectivity index (χ1) is 20.7. The molecule has 15 heteroatoms. The number of nitrogens with zero attached hydrogens (tertiary/aromatic N) is 5. The number of allylic oxidation sites excluding steroid dienone is 1. The van der Waals surface area contributed by atoms with Gasteiger partial charge in [-0.15, -0.1) is 5.10 Å². The summed E-state index contributed by atoms with van der Waals surface area (Å²) in [5, 5.41) is 23.0. The van der Waals surface area contributed by atoms with Gasteiger partial charge >= 0.3 is 17.8 Å². The highest BCUT2D eigenvalue weighted by Gasteiger charge is 2.41. The molecular formula is C29H32F3N6O6+. The monoisotopic (exact) mass is 617 g/mol. The number of hydrogen-bond acceptors (Lipinski definition) is 8. The average molecular weight is 618 g/mol. The van der Waals surface area contributed by atoms with Crippen LogP contribution in [0.3, 0.4) is 0 Å². The number of hydrogen-bond donors (Lipinski definition) is 2. The summed E-state index contributed by atoms with van der Waals surface area (Å²) in [6.45, 7) is 2.84. The maximum absolute atomic E-state index is 13.6. The SMILES string of the molecule is COCC[N+](C)(C)Cc1cc(C#N)ccc1[C@@H]1C(C(=O)OC)=C(C)N(c2cccc(C(F)(F)F)c2)c2n[nH]c(=O)n21.O=CO. The van der Waals surface area contributed by atoms with Crippen LogP contribution in [0.4, 0.5) is 24.8 Å². The number of rotatable bonds is 8. The first-order valence-corrected chi connectivity index (χ1v) is 13.1. The molecule has 0 saturated carbocycles. The van der Waals surface area contributed by atoms with Crippen molar-refractivity contribution in [2.24, 2.45) is 0 Å². The lowest BCUT2D eigenvalue weighted by molar-refractivity contribution is -0.904. The molecule has 0 radical (unpaired) electrons. The first kappa shape index (κ1) is 33.6. The number of benzene rings is 2. The van der Waals surface area contributed by atoms with Gasteiger partial charge in [-0.3, -0.25) is 9.69 Å². The second kappa shape index (κ2) is 13.6. The molecule has 2 heterocycles. The second-order valence-electron chi connectivity index (χ2n) is 10.4. The second-order valence-corrected chi connectivity index (χ2v) is 10.4. The average Bonchev–Trinajstić information content (AvgIpc) is 3.35. The number of fused-ring (bicyclic) bond motifs is 1. The van der Waals surface area contributed by atoms with Crippen LogP contribution < -0.4 is 10.6 Å². The number of halogens is 3. The van der Waals surface area contributed by atoms with Crippen LogP contribution in [0.15, 0.2) is 58.5 Å². The van der Waals surface area contributed by atoms with Gasteiger partial charge < -0.3 is 19.1 Å². The van der Waals surface area contributed by atoms with E-state index in [0.717, 1.165) is 12.1 Å². The zero-order chi connectivity index (χ0) is 32.8. The van der Waals surface area contributed by atoms with Gasteiger partial charge in [-0.1, -0.05) is 12.1 Å². The molecule has 0 spiro atoms. The number of ether oxygens (including phenoxy) is 2. The van der Waals surface area contributed by atoms with Crippen molar-refractivity contribution in [3.05, 3.63) is 86.5 Å². The molecule has 0 amide bonds. The molecule has 0 unspecified atom stereocenters. The fourth-order valence-corrected chi connectivity index (χ4v) is 5.04. The molecule has 0 bridgehead atoms. The van der Waals surface area contributed by atoms with Crippen molar-refractivity contribution in [1.82, 2.24) is 14.8 Å². The number of esters is 1. The maximum Gasteiger partial charge on any atom is 0.416 e. The van der Waals surface area contributed by atoms with Crippen molar-refractivity contribution in [3.8, 4) is 6.07 Å². The molecule has 0 aliphatic carbocycles. The molecule has 1 aliphatic heterocycles. The van der Waals surface area contributed by atoms with Crippen molar-refractivity contribution in [2.45, 2.75) is 25.7 Å². The highest BCUT2D eigenvalue weighted by atomic mass is 19.4. The first-order valence-electron chi connectivity index (χ1n) is 13.1. The molecule has 234 valence electrons. The number of quaternary nitrogens is 1. The van der Waals surface area contributed by atoms with Crippen LogP contribution in [0.25, 0.3) is 0 Å². The molecule has 0 fully saturated rings. The quantitative estimate of drug-likeness (QED) is 0.220. The summed E-state index contributed by atoms with van der Waals surface area (Å²) in [4.78, 5) is 36.3. The van der Waals surface area contributed by atoms with E-state index < -0.39 is 29.4 Å². The summed E-state index contributed by atoms with van der Waals surface area (Å²) >= 11 is 0. The van der Waals surface area contributed by atoms with Gasteiger partial charge in [0.25, 0.3) is 6.47 Å². The Morgan fingerprint density at radius 3 is 2.50 bits per heavy atom. The van der Waals surface area contributed by atoms with Crippen LogP contribution in [0, 0.1) is 11.3 Å². The van der Waals surface area contributed by atoms with Gasteiger partial charge in [0.15, 0.2) is 0 Å². The van der Waals surface area contributed by atoms with E-state index in [9.17, 15) is 28.0 Å². The Labute approximate surface area is 250 Å². The number of aromatic nitrogens is 3. The van der Waals surface area contributed by atoms with E-state index >= 15 is 0 Å². The van der Waals surface area contributed by atoms with E-state index in [1.54, 1.807) is 32.2 Å². The third-order valence-electron chi connectivity index (χ3n) is 7.05. The Kier molecular flexibility index (Phi) is 10.4. The van der Waals surface area contributed by atoms with Gasteiger partial charge in [-0.25, -0.2) is 19.3 Å². The third-order valence-corrected chi connectivity index (χ3v) is 7.05. The molecule has 2 aromatic carbocycles. The van der Waals surface area contributed by atoms with E-state index in [1.165, 1.54) is 28.7 Å². The minimum absolute atomic E-state index is 0.00656. The number of carboxylic acid groups (broad SMARTS) is 1. The fourth-order valence-electron chi connectivity index (χ4n) is 5.04. The largest absolute Gasteiger partial charge is 0.483 e. The normalized spacial score (nSPS) is 14.7. The molecule has 1 aromatic heterocycles. The summed E-state index contributed by atoms with van der Waals surface area (Å²) < 4.78 is 52.8. The zero-order valence-corrected chi connectivity index (χ0v) is 24.7. The van der Waals surface area contributed by atoms with E-state index in [1.807, 2.05) is 14.1 Å². The lowest BCUT2D eigenvalue weighted by Gasteiger charge is -2.37. The smallest absolute Gasteiger partial charge is 0.416 e. The molecule has 1 aliphatic rings. The predicted molar refractivity (Wildman–Crippen MR) is 152 cm³/mol. The Bertz CT molecular complexity index is 1650. The van der Waals surface area contributed by atoms with Crippen molar-refractivity contribution >= 4 is 24.1 Å². The topological polar surface area (TPSA) is 151 Å². The number of alkyl halides is 3. The number of likely N-dealkylation sites (N-methyl/N-ethyl adjacent to an activating group) is 1. The number of nitriles is 1. The Hall–Kier alpha value is -4.94. The van der Waals surface area contributed by atoms with Gasteiger partial charge in [0.1, 0.15) is 19.1 Å². The number of carbonyl (C=O) groups excluding carboxylic acids is 1. The number of carbonyl (C=O) groups is 2. The van der Waals surface area contributed by atoms with Gasteiger partial charge in [-0.05, 0) is 42.8 Å². The minimum Gasteiger partial charge on any atom is -0.483 e. The molecule has 3 aromatic rings. The summed E-state index contributed by atoms with van der Waals surface area (Å²) in [5.74, 6) is -0.778. The van der Waals surface area contributed by atoms with Gasteiger partial charge in [0.05, 0.1) is 50.6 Å².